The third-order valence-corrected chi connectivity index (χ3v) is 4.64. The Morgan fingerprint density at radius 2 is 2.17 bits per heavy atom. The number of nitrogens with zero attached hydrogens (tertiary/aromatic N) is 1. The van der Waals surface area contributed by atoms with Crippen molar-refractivity contribution in [3.05, 3.63) is 16.1 Å². The van der Waals surface area contributed by atoms with Crippen molar-refractivity contribution in [3.63, 3.8) is 0 Å². The van der Waals surface area contributed by atoms with Crippen molar-refractivity contribution in [1.82, 2.24) is 10.3 Å². The van der Waals surface area contributed by atoms with E-state index in [9.17, 15) is 0 Å². The SMILES string of the molecule is CC(C)NC1(c2nc(C(C)C)cs2)CCOC1C. The highest BCUT2D eigenvalue weighted by Gasteiger charge is 2.45. The summed E-state index contributed by atoms with van der Waals surface area (Å²) in [7, 11) is 0. The van der Waals surface area contributed by atoms with Gasteiger partial charge in [-0.15, -0.1) is 11.3 Å². The monoisotopic (exact) mass is 268 g/mol. The lowest BCUT2D eigenvalue weighted by atomic mass is 9.91. The number of nitrogens with one attached hydrogen (secondary N) is 1. The van der Waals surface area contributed by atoms with Crippen LogP contribution in [0.25, 0.3) is 0 Å². The summed E-state index contributed by atoms with van der Waals surface area (Å²) in [4.78, 5) is 4.84. The number of ether oxygens (including phenoxy) is 1. The maximum atomic E-state index is 5.80. The van der Waals surface area contributed by atoms with Gasteiger partial charge in [-0.25, -0.2) is 4.98 Å². The van der Waals surface area contributed by atoms with Crippen LogP contribution in [0.4, 0.5) is 0 Å². The Bertz CT molecular complexity index is 402. The number of hydrogen-bond donors (Lipinski definition) is 1. The smallest absolute Gasteiger partial charge is 0.116 e. The van der Waals surface area contributed by atoms with E-state index in [0.29, 0.717) is 12.0 Å². The first-order valence-corrected chi connectivity index (χ1v) is 7.69. The Hall–Kier alpha value is -0.450. The molecule has 1 aliphatic heterocycles. The van der Waals surface area contributed by atoms with Gasteiger partial charge in [0.1, 0.15) is 5.01 Å². The molecule has 0 aliphatic carbocycles. The Morgan fingerprint density at radius 1 is 1.44 bits per heavy atom. The number of aromatic nitrogens is 1. The van der Waals surface area contributed by atoms with Crippen LogP contribution in [-0.2, 0) is 10.3 Å². The maximum absolute atomic E-state index is 5.80. The van der Waals surface area contributed by atoms with E-state index in [-0.39, 0.29) is 11.6 Å². The fourth-order valence-electron chi connectivity index (χ4n) is 2.55. The van der Waals surface area contributed by atoms with Crippen molar-refractivity contribution >= 4 is 11.3 Å². The molecule has 1 aromatic rings. The van der Waals surface area contributed by atoms with Gasteiger partial charge in [0.25, 0.3) is 0 Å². The topological polar surface area (TPSA) is 34.2 Å². The fourth-order valence-corrected chi connectivity index (χ4v) is 3.80. The molecular weight excluding hydrogens is 244 g/mol. The largest absolute Gasteiger partial charge is 0.376 e. The van der Waals surface area contributed by atoms with Crippen LogP contribution in [0.15, 0.2) is 5.38 Å². The summed E-state index contributed by atoms with van der Waals surface area (Å²) in [6.45, 7) is 11.7. The molecule has 1 N–H and O–H groups in total. The fraction of sp³-hybridized carbons (Fsp3) is 0.786. The lowest BCUT2D eigenvalue weighted by molar-refractivity contribution is 0.0783. The molecule has 0 aromatic carbocycles. The molecule has 0 bridgehead atoms. The van der Waals surface area contributed by atoms with Crippen molar-refractivity contribution in [2.45, 2.75) is 64.6 Å². The van der Waals surface area contributed by atoms with Gasteiger partial charge in [-0.3, -0.25) is 0 Å². The van der Waals surface area contributed by atoms with Crippen LogP contribution >= 0.6 is 11.3 Å². The molecule has 2 atom stereocenters. The minimum atomic E-state index is -0.0913. The second-order valence-electron chi connectivity index (χ2n) is 5.77. The first-order valence-electron chi connectivity index (χ1n) is 6.81. The summed E-state index contributed by atoms with van der Waals surface area (Å²) in [5.41, 5.74) is 1.10. The third kappa shape index (κ3) is 2.46. The Morgan fingerprint density at radius 3 is 2.61 bits per heavy atom. The molecule has 2 rings (SSSR count). The molecule has 4 heteroatoms. The summed E-state index contributed by atoms with van der Waals surface area (Å²) in [6.07, 6.45) is 1.20. The molecule has 0 radical (unpaired) electrons. The predicted molar refractivity (Wildman–Crippen MR) is 76.2 cm³/mol. The van der Waals surface area contributed by atoms with E-state index in [2.05, 4.69) is 45.3 Å². The first kappa shape index (κ1) is 14.0. The highest BCUT2D eigenvalue weighted by molar-refractivity contribution is 7.09. The Labute approximate surface area is 114 Å². The lowest BCUT2D eigenvalue weighted by Crippen LogP contribution is -2.50. The van der Waals surface area contributed by atoms with Crippen LogP contribution in [0.1, 0.15) is 57.7 Å². The zero-order valence-corrected chi connectivity index (χ0v) is 12.8. The molecule has 0 saturated carbocycles. The van der Waals surface area contributed by atoms with E-state index in [1.54, 1.807) is 11.3 Å². The van der Waals surface area contributed by atoms with E-state index >= 15 is 0 Å². The normalized spacial score (nSPS) is 28.5. The summed E-state index contributed by atoms with van der Waals surface area (Å²) < 4.78 is 5.80. The van der Waals surface area contributed by atoms with Crippen LogP contribution in [-0.4, -0.2) is 23.7 Å². The standard InChI is InChI=1S/C14H24N2OS/c1-9(2)12-8-18-13(15-12)14(16-10(3)4)6-7-17-11(14)5/h8-11,16H,6-7H2,1-5H3. The zero-order valence-electron chi connectivity index (χ0n) is 12.0. The molecule has 1 saturated heterocycles. The summed E-state index contributed by atoms with van der Waals surface area (Å²) in [5.74, 6) is 0.490. The van der Waals surface area contributed by atoms with Crippen LogP contribution in [0.3, 0.4) is 0 Å². The molecule has 2 heterocycles. The maximum Gasteiger partial charge on any atom is 0.116 e. The minimum Gasteiger partial charge on any atom is -0.376 e. The number of thiazole rings is 1. The van der Waals surface area contributed by atoms with E-state index < -0.39 is 0 Å². The molecule has 1 aromatic heterocycles. The molecule has 2 unspecified atom stereocenters. The zero-order chi connectivity index (χ0) is 13.3. The molecule has 1 fully saturated rings. The second-order valence-corrected chi connectivity index (χ2v) is 6.62. The van der Waals surface area contributed by atoms with E-state index in [1.807, 2.05) is 0 Å². The second kappa shape index (κ2) is 5.27. The first-order chi connectivity index (χ1) is 8.45. The molecule has 18 heavy (non-hydrogen) atoms. The molecule has 3 nitrogen and oxygen atoms in total. The average Bonchev–Trinajstić information content (AvgIpc) is 2.86. The van der Waals surface area contributed by atoms with Gasteiger partial charge in [-0.05, 0) is 33.1 Å². The summed E-state index contributed by atoms with van der Waals surface area (Å²) >= 11 is 1.77. The molecular formula is C14H24N2OS. The van der Waals surface area contributed by atoms with Crippen LogP contribution in [0.2, 0.25) is 0 Å². The van der Waals surface area contributed by atoms with E-state index in [4.69, 9.17) is 9.72 Å². The highest BCUT2D eigenvalue weighted by Crippen LogP contribution is 2.38. The van der Waals surface area contributed by atoms with E-state index in [0.717, 1.165) is 13.0 Å². The van der Waals surface area contributed by atoms with Gasteiger partial charge in [-0.2, -0.15) is 0 Å². The summed E-state index contributed by atoms with van der Waals surface area (Å²) in [6, 6.07) is 0.431. The van der Waals surface area contributed by atoms with Gasteiger partial charge < -0.3 is 10.1 Å². The molecule has 0 spiro atoms. The Kier molecular flexibility index (Phi) is 4.09. The average molecular weight is 268 g/mol. The minimum absolute atomic E-state index is 0.0913. The van der Waals surface area contributed by atoms with E-state index in [1.165, 1.54) is 10.7 Å². The number of rotatable bonds is 4. The quantitative estimate of drug-likeness (QED) is 0.910. The van der Waals surface area contributed by atoms with Crippen LogP contribution in [0, 0.1) is 0 Å². The van der Waals surface area contributed by atoms with Crippen molar-refractivity contribution in [3.8, 4) is 0 Å². The lowest BCUT2D eigenvalue weighted by Gasteiger charge is -2.33. The molecule has 1 aliphatic rings. The number of hydrogen-bond acceptors (Lipinski definition) is 4. The van der Waals surface area contributed by atoms with Crippen molar-refractivity contribution in [2.24, 2.45) is 0 Å². The van der Waals surface area contributed by atoms with Gasteiger partial charge in [0, 0.05) is 18.0 Å². The van der Waals surface area contributed by atoms with Gasteiger partial charge >= 0.3 is 0 Å². The molecule has 102 valence electrons. The third-order valence-electron chi connectivity index (χ3n) is 3.60. The summed E-state index contributed by atoms with van der Waals surface area (Å²) in [5, 5.41) is 7.07. The highest BCUT2D eigenvalue weighted by atomic mass is 32.1. The van der Waals surface area contributed by atoms with Crippen molar-refractivity contribution in [1.29, 1.82) is 0 Å². The predicted octanol–water partition coefficient (Wildman–Crippen LogP) is 3.27. The molecule has 0 amide bonds. The van der Waals surface area contributed by atoms with Gasteiger partial charge in [0.05, 0.1) is 17.3 Å². The van der Waals surface area contributed by atoms with Gasteiger partial charge in [-0.1, -0.05) is 13.8 Å². The Balaban J connectivity index is 2.33. The van der Waals surface area contributed by atoms with Crippen LogP contribution < -0.4 is 5.32 Å². The van der Waals surface area contributed by atoms with Crippen molar-refractivity contribution in [2.75, 3.05) is 6.61 Å². The van der Waals surface area contributed by atoms with Gasteiger partial charge in [0.2, 0.25) is 0 Å². The van der Waals surface area contributed by atoms with Crippen LogP contribution in [0.5, 0.6) is 0 Å². The van der Waals surface area contributed by atoms with Gasteiger partial charge in [0.15, 0.2) is 0 Å². The van der Waals surface area contributed by atoms with Crippen molar-refractivity contribution < 1.29 is 4.74 Å².